The van der Waals surface area contributed by atoms with Gasteiger partial charge >= 0.3 is 6.18 Å². The Morgan fingerprint density at radius 1 is 1.21 bits per heavy atom. The third kappa shape index (κ3) is 6.37. The summed E-state index contributed by atoms with van der Waals surface area (Å²) >= 11 is 0. The molecule has 0 heterocycles. The minimum atomic E-state index is -4.66. The van der Waals surface area contributed by atoms with Gasteiger partial charge in [0, 0.05) is 23.3 Å². The van der Waals surface area contributed by atoms with E-state index < -0.39 is 11.9 Å². The smallest absolute Gasteiger partial charge is 0.394 e. The van der Waals surface area contributed by atoms with Gasteiger partial charge in [-0.2, -0.15) is 13.2 Å². The fraction of sp³-hybridized carbons (Fsp3) is 0.647. The molecule has 0 bridgehead atoms. The minimum Gasteiger partial charge on any atom is -0.394 e. The molecule has 4 N–H and O–H groups in total. The summed E-state index contributed by atoms with van der Waals surface area (Å²) < 4.78 is 37.6. The molecular weight excluding hydrogens is 319 g/mol. The van der Waals surface area contributed by atoms with Crippen LogP contribution in [0, 0.1) is 5.41 Å². The fourth-order valence-corrected chi connectivity index (χ4v) is 2.08. The zero-order chi connectivity index (χ0) is 19.3. The van der Waals surface area contributed by atoms with Crippen molar-refractivity contribution in [1.82, 2.24) is 0 Å². The number of ketones is 1. The number of Topliss-reactive ketones (excluding diaryl/α,β-unsaturated/α-hetero) is 1. The largest absolute Gasteiger partial charge is 0.431 e. The average molecular weight is 347 g/mol. The second-order valence-corrected chi connectivity index (χ2v) is 6.75. The Morgan fingerprint density at radius 2 is 1.67 bits per heavy atom. The first-order chi connectivity index (χ1) is 10.8. The molecule has 1 aliphatic rings. The number of rotatable bonds is 2. The van der Waals surface area contributed by atoms with E-state index >= 15 is 0 Å². The zero-order valence-corrected chi connectivity index (χ0v) is 15.3. The molecule has 0 fully saturated rings. The fourth-order valence-electron chi connectivity index (χ4n) is 2.08. The predicted molar refractivity (Wildman–Crippen MR) is 91.3 cm³/mol. The van der Waals surface area contributed by atoms with Gasteiger partial charge in [-0.05, 0) is 25.7 Å². The summed E-state index contributed by atoms with van der Waals surface area (Å²) in [6, 6.07) is 0. The number of carbonyl (C=O) groups is 1. The van der Waals surface area contributed by atoms with Gasteiger partial charge in [0.1, 0.15) is 11.5 Å². The van der Waals surface area contributed by atoms with Crippen molar-refractivity contribution in [3.8, 4) is 0 Å². The summed E-state index contributed by atoms with van der Waals surface area (Å²) in [5.74, 6) is -0.382. The second kappa shape index (κ2) is 8.35. The van der Waals surface area contributed by atoms with Gasteiger partial charge in [-0.25, -0.2) is 4.99 Å². The summed E-state index contributed by atoms with van der Waals surface area (Å²) in [6.45, 7) is 10.8. The quantitative estimate of drug-likeness (QED) is 0.580. The van der Waals surface area contributed by atoms with Crippen LogP contribution in [0.15, 0.2) is 27.5 Å². The predicted octanol–water partition coefficient (Wildman–Crippen LogP) is 4.22. The highest BCUT2D eigenvalue weighted by molar-refractivity contribution is 6.00. The number of hydrogen-bond donors (Lipinski definition) is 2. The molecule has 0 aromatic rings. The van der Waals surface area contributed by atoms with Crippen molar-refractivity contribution < 1.29 is 18.0 Å². The van der Waals surface area contributed by atoms with Gasteiger partial charge in [0.25, 0.3) is 0 Å². The molecule has 0 spiro atoms. The second-order valence-electron chi connectivity index (χ2n) is 6.75. The van der Waals surface area contributed by atoms with Crippen molar-refractivity contribution in [2.75, 3.05) is 0 Å². The Kier molecular flexibility index (Phi) is 7.73. The van der Waals surface area contributed by atoms with E-state index in [1.807, 2.05) is 13.8 Å². The van der Waals surface area contributed by atoms with Crippen LogP contribution in [0.3, 0.4) is 0 Å². The van der Waals surface area contributed by atoms with Crippen LogP contribution in [0.2, 0.25) is 0 Å². The molecule has 24 heavy (non-hydrogen) atoms. The Balaban J connectivity index is 0.00000163. The van der Waals surface area contributed by atoms with E-state index in [0.29, 0.717) is 24.1 Å². The Hall–Kier alpha value is -1.79. The van der Waals surface area contributed by atoms with Crippen LogP contribution >= 0.6 is 0 Å². The molecular formula is C17H28F3N3O. The molecule has 1 aliphatic carbocycles. The van der Waals surface area contributed by atoms with Crippen molar-refractivity contribution >= 4 is 11.6 Å². The van der Waals surface area contributed by atoms with Crippen LogP contribution in [-0.4, -0.2) is 17.8 Å². The van der Waals surface area contributed by atoms with Crippen LogP contribution in [0.4, 0.5) is 13.2 Å². The molecule has 4 nitrogen and oxygen atoms in total. The molecule has 0 amide bonds. The lowest BCUT2D eigenvalue weighted by Gasteiger charge is -2.29. The summed E-state index contributed by atoms with van der Waals surface area (Å²) in [7, 11) is 0. The van der Waals surface area contributed by atoms with Crippen molar-refractivity contribution in [1.29, 1.82) is 0 Å². The molecule has 0 saturated heterocycles. The molecule has 0 saturated carbocycles. The van der Waals surface area contributed by atoms with E-state index in [2.05, 4.69) is 18.8 Å². The lowest BCUT2D eigenvalue weighted by atomic mass is 9.76. The highest BCUT2D eigenvalue weighted by Crippen LogP contribution is 2.37. The van der Waals surface area contributed by atoms with Gasteiger partial charge in [0.15, 0.2) is 5.78 Å². The van der Waals surface area contributed by atoms with E-state index in [-0.39, 0.29) is 22.6 Å². The number of nitrogens with two attached hydrogens (primary N) is 2. The minimum absolute atomic E-state index is 0.0665. The average Bonchev–Trinajstić information content (AvgIpc) is 2.41. The van der Waals surface area contributed by atoms with Crippen LogP contribution < -0.4 is 11.5 Å². The molecule has 1 rings (SSSR count). The molecule has 0 aromatic heterocycles. The number of aliphatic imine (C=N–C) groups is 1. The van der Waals surface area contributed by atoms with Crippen molar-refractivity contribution in [2.45, 2.75) is 67.0 Å². The first kappa shape index (κ1) is 22.2. The maximum absolute atomic E-state index is 12.5. The third-order valence-corrected chi connectivity index (χ3v) is 3.49. The first-order valence-electron chi connectivity index (χ1n) is 7.87. The lowest BCUT2D eigenvalue weighted by Crippen LogP contribution is -2.28. The number of nitrogens with zero attached hydrogens (tertiary/aromatic N) is 1. The zero-order valence-electron chi connectivity index (χ0n) is 15.3. The van der Waals surface area contributed by atoms with Crippen LogP contribution in [0.5, 0.6) is 0 Å². The van der Waals surface area contributed by atoms with Crippen molar-refractivity contribution in [3.05, 3.63) is 22.5 Å². The van der Waals surface area contributed by atoms with E-state index in [9.17, 15) is 18.0 Å². The van der Waals surface area contributed by atoms with E-state index in [1.165, 1.54) is 6.42 Å². The highest BCUT2D eigenvalue weighted by Gasteiger charge is 2.34. The van der Waals surface area contributed by atoms with Crippen LogP contribution in [0.1, 0.15) is 60.8 Å². The summed E-state index contributed by atoms with van der Waals surface area (Å²) in [5, 5.41) is 0. The van der Waals surface area contributed by atoms with Gasteiger partial charge in [0.2, 0.25) is 0 Å². The number of halogens is 3. The monoisotopic (exact) mass is 347 g/mol. The number of carbonyl (C=O) groups excluding carboxylic acids is 1. The maximum atomic E-state index is 12.5. The Bertz CT molecular complexity index is 570. The maximum Gasteiger partial charge on any atom is 0.431 e. The lowest BCUT2D eigenvalue weighted by molar-refractivity contribution is -0.118. The van der Waals surface area contributed by atoms with Gasteiger partial charge in [0.05, 0.1) is 0 Å². The number of amidine groups is 1. The van der Waals surface area contributed by atoms with Crippen molar-refractivity contribution in [3.63, 3.8) is 0 Å². The molecule has 0 radical (unpaired) electrons. The highest BCUT2D eigenvalue weighted by atomic mass is 19.4. The summed E-state index contributed by atoms with van der Waals surface area (Å²) in [4.78, 5) is 15.9. The normalized spacial score (nSPS) is 19.5. The summed E-state index contributed by atoms with van der Waals surface area (Å²) in [5.41, 5.74) is 9.60. The molecule has 7 heteroatoms. The van der Waals surface area contributed by atoms with Crippen LogP contribution in [0.25, 0.3) is 0 Å². The van der Waals surface area contributed by atoms with Gasteiger partial charge in [-0.15, -0.1) is 0 Å². The van der Waals surface area contributed by atoms with Crippen LogP contribution in [-0.2, 0) is 4.79 Å². The molecule has 0 aliphatic heterocycles. The van der Waals surface area contributed by atoms with E-state index in [1.54, 1.807) is 6.92 Å². The molecule has 138 valence electrons. The third-order valence-electron chi connectivity index (χ3n) is 3.49. The van der Waals surface area contributed by atoms with Crippen molar-refractivity contribution in [2.24, 2.45) is 21.9 Å². The summed E-state index contributed by atoms with van der Waals surface area (Å²) in [6.07, 6.45) is -2.54. The SMILES string of the molecule is CC1=C(N=C(N)/C(C)=C(\N)C(F)(F)F)CC(C)(C)CC1=O.CCC. The molecule has 0 aromatic carbocycles. The van der Waals surface area contributed by atoms with E-state index in [0.717, 1.165) is 6.92 Å². The molecule has 0 unspecified atom stereocenters. The Labute approximate surface area is 141 Å². The van der Waals surface area contributed by atoms with Gasteiger partial charge < -0.3 is 11.5 Å². The standard InChI is InChI=1S/C14H20F3N3O.C3H8/c1-7-9(5-13(3,4)6-10(7)21)20-12(19)8(2)11(18)14(15,16)17;1-3-2/h5-6,18H2,1-4H3,(H2,19,20);3H2,1-2H3/b11-8-;. The van der Waals surface area contributed by atoms with Gasteiger partial charge in [-0.1, -0.05) is 34.1 Å². The number of allylic oxidation sites excluding steroid dienone is 3. The number of hydrogen-bond acceptors (Lipinski definition) is 3. The van der Waals surface area contributed by atoms with Gasteiger partial charge in [-0.3, -0.25) is 4.79 Å². The first-order valence-corrected chi connectivity index (χ1v) is 7.87. The topological polar surface area (TPSA) is 81.5 Å². The molecule has 0 atom stereocenters. The number of alkyl halides is 3. The van der Waals surface area contributed by atoms with E-state index in [4.69, 9.17) is 11.5 Å². The Morgan fingerprint density at radius 3 is 2.08 bits per heavy atom.